The number of carbonyl (C=O) groups is 1. The van der Waals surface area contributed by atoms with E-state index in [0.717, 1.165) is 44.5 Å². The van der Waals surface area contributed by atoms with E-state index >= 15 is 0 Å². The van der Waals surface area contributed by atoms with Crippen molar-refractivity contribution in [3.63, 3.8) is 0 Å². The molecule has 5 nitrogen and oxygen atoms in total. The van der Waals surface area contributed by atoms with Crippen LogP contribution in [0.25, 0.3) is 0 Å². The molecule has 2 aliphatic rings. The highest BCUT2D eigenvalue weighted by atomic mass is 32.2. The molecule has 3 atom stereocenters. The molecule has 0 spiro atoms. The van der Waals surface area contributed by atoms with Crippen LogP contribution < -0.4 is 10.1 Å². The van der Waals surface area contributed by atoms with Gasteiger partial charge in [-0.3, -0.25) is 4.79 Å². The molecule has 1 saturated heterocycles. The SMILES string of the molecule is COc1ccc([C@H](C)COC2CCC(CC3SC(=O)NC3O)CC2)cc1. The van der Waals surface area contributed by atoms with Crippen LogP contribution >= 0.6 is 11.8 Å². The normalized spacial score (nSPS) is 30.0. The summed E-state index contributed by atoms with van der Waals surface area (Å²) >= 11 is 1.24. The number of aliphatic hydroxyl groups is 1. The van der Waals surface area contributed by atoms with Crippen LogP contribution in [0.4, 0.5) is 4.79 Å². The molecule has 1 aromatic carbocycles. The maximum atomic E-state index is 11.3. The molecular weight excluding hydrogens is 350 g/mol. The van der Waals surface area contributed by atoms with E-state index in [1.807, 2.05) is 12.1 Å². The van der Waals surface area contributed by atoms with Crippen LogP contribution in [-0.4, -0.2) is 41.6 Å². The Morgan fingerprint density at radius 2 is 1.92 bits per heavy atom. The van der Waals surface area contributed by atoms with Crippen molar-refractivity contribution >= 4 is 17.0 Å². The van der Waals surface area contributed by atoms with Crippen LogP contribution in [0.15, 0.2) is 24.3 Å². The maximum absolute atomic E-state index is 11.3. The van der Waals surface area contributed by atoms with Gasteiger partial charge in [-0.2, -0.15) is 0 Å². The summed E-state index contributed by atoms with van der Waals surface area (Å²) in [4.78, 5) is 11.3. The highest BCUT2D eigenvalue weighted by molar-refractivity contribution is 8.14. The predicted molar refractivity (Wildman–Crippen MR) is 104 cm³/mol. The summed E-state index contributed by atoms with van der Waals surface area (Å²) in [5, 5.41) is 12.3. The van der Waals surface area contributed by atoms with Gasteiger partial charge in [-0.05, 0) is 55.7 Å². The second-order valence-corrected chi connectivity index (χ2v) is 8.63. The minimum absolute atomic E-state index is 0.0000580. The minimum atomic E-state index is -0.688. The first kappa shape index (κ1) is 19.5. The Bertz CT molecular complexity index is 586. The van der Waals surface area contributed by atoms with Crippen LogP contribution in [0.1, 0.15) is 50.5 Å². The molecule has 144 valence electrons. The van der Waals surface area contributed by atoms with Crippen molar-refractivity contribution in [2.24, 2.45) is 5.92 Å². The van der Waals surface area contributed by atoms with E-state index < -0.39 is 6.23 Å². The van der Waals surface area contributed by atoms with Crippen molar-refractivity contribution in [2.45, 2.75) is 62.5 Å². The Labute approximate surface area is 159 Å². The summed E-state index contributed by atoms with van der Waals surface area (Å²) in [6.07, 6.45) is 4.89. The lowest BCUT2D eigenvalue weighted by molar-refractivity contribution is 0.0102. The number of hydrogen-bond acceptors (Lipinski definition) is 5. The fraction of sp³-hybridized carbons (Fsp3) is 0.650. The molecule has 0 radical (unpaired) electrons. The Morgan fingerprint density at radius 1 is 1.23 bits per heavy atom. The fourth-order valence-electron chi connectivity index (χ4n) is 3.80. The molecule has 2 unspecified atom stereocenters. The molecule has 1 heterocycles. The summed E-state index contributed by atoms with van der Waals surface area (Å²) in [7, 11) is 1.68. The number of methoxy groups -OCH3 is 1. The second-order valence-electron chi connectivity index (χ2n) is 7.42. The van der Waals surface area contributed by atoms with Gasteiger partial charge >= 0.3 is 0 Å². The highest BCUT2D eigenvalue weighted by Gasteiger charge is 2.34. The van der Waals surface area contributed by atoms with E-state index in [1.165, 1.54) is 17.3 Å². The van der Waals surface area contributed by atoms with Gasteiger partial charge in [0.2, 0.25) is 0 Å². The van der Waals surface area contributed by atoms with Gasteiger partial charge in [0.05, 0.1) is 25.1 Å². The van der Waals surface area contributed by atoms with Crippen LogP contribution in [0, 0.1) is 5.92 Å². The number of carbonyl (C=O) groups excluding carboxylic acids is 1. The van der Waals surface area contributed by atoms with Gasteiger partial charge in [0, 0.05) is 5.92 Å². The summed E-state index contributed by atoms with van der Waals surface area (Å²) < 4.78 is 11.4. The number of benzene rings is 1. The van der Waals surface area contributed by atoms with E-state index in [-0.39, 0.29) is 10.5 Å². The average molecular weight is 380 g/mol. The van der Waals surface area contributed by atoms with Gasteiger partial charge in [0.1, 0.15) is 12.0 Å². The molecule has 0 bridgehead atoms. The molecule has 1 aromatic rings. The minimum Gasteiger partial charge on any atom is -0.497 e. The van der Waals surface area contributed by atoms with Crippen LogP contribution in [-0.2, 0) is 4.74 Å². The van der Waals surface area contributed by atoms with Crippen molar-refractivity contribution in [3.05, 3.63) is 29.8 Å². The van der Waals surface area contributed by atoms with Crippen molar-refractivity contribution in [1.82, 2.24) is 5.32 Å². The van der Waals surface area contributed by atoms with E-state index in [0.29, 0.717) is 17.9 Å². The fourth-order valence-corrected chi connectivity index (χ4v) is 4.83. The quantitative estimate of drug-likeness (QED) is 0.752. The molecule has 6 heteroatoms. The Kier molecular flexibility index (Phi) is 6.84. The van der Waals surface area contributed by atoms with E-state index in [1.54, 1.807) is 7.11 Å². The third-order valence-electron chi connectivity index (χ3n) is 5.50. The molecule has 26 heavy (non-hydrogen) atoms. The maximum Gasteiger partial charge on any atom is 0.281 e. The van der Waals surface area contributed by atoms with Crippen LogP contribution in [0.3, 0.4) is 0 Å². The van der Waals surface area contributed by atoms with Crippen molar-refractivity contribution < 1.29 is 19.4 Å². The summed E-state index contributed by atoms with van der Waals surface area (Å²) in [5.74, 6) is 1.82. The molecule has 1 aliphatic heterocycles. The zero-order chi connectivity index (χ0) is 18.5. The van der Waals surface area contributed by atoms with Crippen molar-refractivity contribution in [1.29, 1.82) is 0 Å². The Hall–Kier alpha value is -1.24. The third-order valence-corrected chi connectivity index (χ3v) is 6.59. The monoisotopic (exact) mass is 379 g/mol. The third kappa shape index (κ3) is 5.15. The van der Waals surface area contributed by atoms with E-state index in [9.17, 15) is 9.90 Å². The first-order chi connectivity index (χ1) is 12.5. The molecule has 1 saturated carbocycles. The number of aliphatic hydroxyl groups excluding tert-OH is 1. The molecule has 1 amide bonds. The smallest absolute Gasteiger partial charge is 0.281 e. The van der Waals surface area contributed by atoms with Crippen LogP contribution in [0.2, 0.25) is 0 Å². The van der Waals surface area contributed by atoms with E-state index in [4.69, 9.17) is 9.47 Å². The number of ether oxygens (including phenoxy) is 2. The second kappa shape index (κ2) is 9.11. The van der Waals surface area contributed by atoms with Crippen molar-refractivity contribution in [3.8, 4) is 5.75 Å². The highest BCUT2D eigenvalue weighted by Crippen LogP contribution is 2.35. The lowest BCUT2D eigenvalue weighted by atomic mass is 9.84. The van der Waals surface area contributed by atoms with Gasteiger partial charge in [0.25, 0.3) is 5.24 Å². The summed E-state index contributed by atoms with van der Waals surface area (Å²) in [6, 6.07) is 8.19. The number of nitrogens with one attached hydrogen (secondary N) is 1. The number of hydrogen-bond donors (Lipinski definition) is 2. The van der Waals surface area contributed by atoms with Gasteiger partial charge in [0.15, 0.2) is 0 Å². The standard InChI is InChI=1S/C20H29NO4S/c1-13(15-5-9-16(24-2)10-6-15)12-25-17-7-3-14(4-8-17)11-18-19(22)21-20(23)26-18/h5-6,9-10,13-14,17-19,22H,3-4,7-8,11-12H2,1-2H3,(H,21,23)/t13-,14?,17?,18?,19?/m1/s1. The lowest BCUT2D eigenvalue weighted by Gasteiger charge is -2.30. The zero-order valence-electron chi connectivity index (χ0n) is 15.5. The number of amides is 1. The van der Waals surface area contributed by atoms with Crippen LogP contribution in [0.5, 0.6) is 5.75 Å². The first-order valence-corrected chi connectivity index (χ1v) is 10.3. The van der Waals surface area contributed by atoms with Gasteiger partial charge < -0.3 is 19.9 Å². The molecule has 0 aromatic heterocycles. The number of thioether (sulfide) groups is 1. The first-order valence-electron chi connectivity index (χ1n) is 9.46. The molecule has 2 fully saturated rings. The largest absolute Gasteiger partial charge is 0.497 e. The Morgan fingerprint density at radius 3 is 2.50 bits per heavy atom. The zero-order valence-corrected chi connectivity index (χ0v) is 16.3. The van der Waals surface area contributed by atoms with Crippen molar-refractivity contribution in [2.75, 3.05) is 13.7 Å². The number of rotatable bonds is 7. The van der Waals surface area contributed by atoms with Gasteiger partial charge in [-0.1, -0.05) is 30.8 Å². The van der Waals surface area contributed by atoms with Gasteiger partial charge in [-0.15, -0.1) is 0 Å². The lowest BCUT2D eigenvalue weighted by Crippen LogP contribution is -2.33. The molecular formula is C20H29NO4S. The van der Waals surface area contributed by atoms with Gasteiger partial charge in [-0.25, -0.2) is 0 Å². The Balaban J connectivity index is 1.37. The molecule has 1 aliphatic carbocycles. The average Bonchev–Trinajstić information content (AvgIpc) is 2.98. The molecule has 3 rings (SSSR count). The predicted octanol–water partition coefficient (Wildman–Crippen LogP) is 3.91. The summed E-state index contributed by atoms with van der Waals surface area (Å²) in [6.45, 7) is 2.92. The summed E-state index contributed by atoms with van der Waals surface area (Å²) in [5.41, 5.74) is 1.27. The van der Waals surface area contributed by atoms with E-state index in [2.05, 4.69) is 24.4 Å². The topological polar surface area (TPSA) is 67.8 Å². The molecule has 2 N–H and O–H groups in total.